The Hall–Kier alpha value is -3.51. The van der Waals surface area contributed by atoms with Gasteiger partial charge in [-0.25, -0.2) is 0 Å². The quantitative estimate of drug-likeness (QED) is 0.261. The SMILES string of the molecule is CO[C@@H]1[C@@H](OC)[C@H](C)O[C@@H](O/N=C/c2ccc(-c3cncc(-c4ccc(OC(F)(F)F)cc4)c3)cc2)[C@@H]1OC. The number of hydrogen-bond acceptors (Lipinski definition) is 8. The second-order valence-electron chi connectivity index (χ2n) is 8.81. The van der Waals surface area contributed by atoms with Crippen molar-refractivity contribution in [1.82, 2.24) is 4.98 Å². The first-order valence-corrected chi connectivity index (χ1v) is 12.1. The molecule has 11 heteroatoms. The number of methoxy groups -OCH3 is 3. The summed E-state index contributed by atoms with van der Waals surface area (Å²) in [7, 11) is 4.72. The number of alkyl halides is 3. The van der Waals surface area contributed by atoms with E-state index in [2.05, 4.69) is 14.9 Å². The highest BCUT2D eigenvalue weighted by Gasteiger charge is 2.46. The van der Waals surface area contributed by atoms with Gasteiger partial charge in [-0.2, -0.15) is 0 Å². The van der Waals surface area contributed by atoms with Crippen molar-refractivity contribution in [2.45, 2.75) is 44.0 Å². The first-order chi connectivity index (χ1) is 18.7. The van der Waals surface area contributed by atoms with Gasteiger partial charge in [0.05, 0.1) is 12.3 Å². The zero-order chi connectivity index (χ0) is 28.0. The maximum atomic E-state index is 12.4. The largest absolute Gasteiger partial charge is 0.573 e. The van der Waals surface area contributed by atoms with Crippen LogP contribution in [0.3, 0.4) is 0 Å². The fraction of sp³-hybridized carbons (Fsp3) is 0.357. The van der Waals surface area contributed by atoms with Gasteiger partial charge in [0.1, 0.15) is 18.0 Å². The van der Waals surface area contributed by atoms with Gasteiger partial charge in [0.2, 0.25) is 0 Å². The van der Waals surface area contributed by atoms with E-state index >= 15 is 0 Å². The second kappa shape index (κ2) is 12.6. The molecule has 1 saturated heterocycles. The third kappa shape index (κ3) is 7.12. The van der Waals surface area contributed by atoms with E-state index < -0.39 is 24.9 Å². The van der Waals surface area contributed by atoms with Crippen molar-refractivity contribution in [3.63, 3.8) is 0 Å². The Kier molecular flexibility index (Phi) is 9.18. The Morgan fingerprint density at radius 3 is 1.90 bits per heavy atom. The number of pyridine rings is 1. The lowest BCUT2D eigenvalue weighted by Gasteiger charge is -2.42. The molecule has 0 amide bonds. The highest BCUT2D eigenvalue weighted by atomic mass is 19.4. The Morgan fingerprint density at radius 2 is 1.36 bits per heavy atom. The van der Waals surface area contributed by atoms with Crippen LogP contribution in [0.5, 0.6) is 5.75 Å². The summed E-state index contributed by atoms with van der Waals surface area (Å²) in [4.78, 5) is 9.89. The molecule has 39 heavy (non-hydrogen) atoms. The van der Waals surface area contributed by atoms with Gasteiger partial charge >= 0.3 is 6.36 Å². The molecule has 0 unspecified atom stereocenters. The molecule has 0 spiro atoms. The zero-order valence-electron chi connectivity index (χ0n) is 21.8. The topological polar surface area (TPSA) is 80.6 Å². The summed E-state index contributed by atoms with van der Waals surface area (Å²) < 4.78 is 63.7. The molecule has 4 rings (SSSR count). The van der Waals surface area contributed by atoms with Crippen LogP contribution in [0.2, 0.25) is 0 Å². The van der Waals surface area contributed by atoms with E-state index in [0.29, 0.717) is 5.56 Å². The molecular weight excluding hydrogens is 517 g/mol. The van der Waals surface area contributed by atoms with E-state index in [1.54, 1.807) is 52.1 Å². The summed E-state index contributed by atoms with van der Waals surface area (Å²) in [5, 5.41) is 4.08. The Morgan fingerprint density at radius 1 is 0.795 bits per heavy atom. The Bertz CT molecular complexity index is 1240. The van der Waals surface area contributed by atoms with Gasteiger partial charge < -0.3 is 28.5 Å². The van der Waals surface area contributed by atoms with Crippen molar-refractivity contribution < 1.29 is 41.7 Å². The van der Waals surface area contributed by atoms with Crippen LogP contribution in [-0.2, 0) is 23.8 Å². The molecule has 0 saturated carbocycles. The molecule has 2 heterocycles. The van der Waals surface area contributed by atoms with Gasteiger partial charge in [0.25, 0.3) is 6.29 Å². The van der Waals surface area contributed by atoms with E-state index in [1.165, 1.54) is 12.1 Å². The van der Waals surface area contributed by atoms with Gasteiger partial charge in [-0.1, -0.05) is 41.6 Å². The highest BCUT2D eigenvalue weighted by Crippen LogP contribution is 2.30. The summed E-state index contributed by atoms with van der Waals surface area (Å²) >= 11 is 0. The van der Waals surface area contributed by atoms with E-state index in [4.69, 9.17) is 23.8 Å². The van der Waals surface area contributed by atoms with Crippen LogP contribution in [0.4, 0.5) is 13.2 Å². The maximum Gasteiger partial charge on any atom is 0.573 e. The van der Waals surface area contributed by atoms with Gasteiger partial charge in [-0.15, -0.1) is 13.2 Å². The minimum absolute atomic E-state index is 0.281. The molecule has 0 bridgehead atoms. The molecule has 0 aliphatic carbocycles. The second-order valence-corrected chi connectivity index (χ2v) is 8.81. The third-order valence-electron chi connectivity index (χ3n) is 6.31. The highest BCUT2D eigenvalue weighted by molar-refractivity contribution is 5.81. The maximum absolute atomic E-state index is 12.4. The first kappa shape index (κ1) is 28.5. The van der Waals surface area contributed by atoms with Crippen molar-refractivity contribution in [2.75, 3.05) is 21.3 Å². The number of nitrogens with zero attached hydrogens (tertiary/aromatic N) is 2. The van der Waals surface area contributed by atoms with Crippen molar-refractivity contribution in [3.8, 4) is 28.0 Å². The summed E-state index contributed by atoms with van der Waals surface area (Å²) in [6.07, 6.45) is -2.12. The lowest BCUT2D eigenvalue weighted by atomic mass is 9.99. The molecule has 0 radical (unpaired) electrons. The average molecular weight is 547 g/mol. The number of hydrogen-bond donors (Lipinski definition) is 0. The van der Waals surface area contributed by atoms with Crippen LogP contribution < -0.4 is 4.74 Å². The van der Waals surface area contributed by atoms with E-state index in [1.807, 2.05) is 37.3 Å². The summed E-state index contributed by atoms with van der Waals surface area (Å²) in [6, 6.07) is 15.1. The zero-order valence-corrected chi connectivity index (χ0v) is 21.8. The molecule has 3 aromatic rings. The normalized spacial score (nSPS) is 23.6. The molecule has 8 nitrogen and oxygen atoms in total. The number of halogens is 3. The molecule has 2 aromatic carbocycles. The third-order valence-corrected chi connectivity index (χ3v) is 6.31. The lowest BCUT2D eigenvalue weighted by Crippen LogP contribution is -2.59. The number of aromatic nitrogens is 1. The molecule has 0 N–H and O–H groups in total. The summed E-state index contributed by atoms with van der Waals surface area (Å²) in [5.74, 6) is -0.281. The minimum Gasteiger partial charge on any atom is -0.406 e. The van der Waals surface area contributed by atoms with Gasteiger partial charge in [-0.3, -0.25) is 4.98 Å². The van der Waals surface area contributed by atoms with Crippen molar-refractivity contribution >= 4 is 6.21 Å². The molecule has 1 fully saturated rings. The predicted molar refractivity (Wildman–Crippen MR) is 137 cm³/mol. The van der Waals surface area contributed by atoms with Crippen LogP contribution in [0.1, 0.15) is 12.5 Å². The van der Waals surface area contributed by atoms with Gasteiger partial charge in [0, 0.05) is 44.8 Å². The van der Waals surface area contributed by atoms with Crippen LogP contribution >= 0.6 is 0 Å². The van der Waals surface area contributed by atoms with Crippen LogP contribution in [0, 0.1) is 0 Å². The lowest BCUT2D eigenvalue weighted by molar-refractivity contribution is -0.305. The van der Waals surface area contributed by atoms with E-state index in [-0.39, 0.29) is 18.0 Å². The van der Waals surface area contributed by atoms with Crippen LogP contribution in [0.25, 0.3) is 22.3 Å². The standard InChI is InChI=1S/C28H29F3N2O6/c1-17-24(34-2)25(35-3)26(36-4)27(37-17)39-33-14-18-5-7-19(8-6-18)21-13-22(16-32-15-21)20-9-11-23(12-10-20)38-28(29,30)31/h5-17,24-27H,1-4H3/b33-14+/t17-,24-,25+,26+,27-/m0/s1. The molecule has 1 aliphatic rings. The summed E-state index contributed by atoms with van der Waals surface area (Å²) in [6.45, 7) is 1.87. The molecule has 1 aliphatic heterocycles. The Balaban J connectivity index is 1.41. The monoisotopic (exact) mass is 546 g/mol. The molecule has 5 atom stereocenters. The van der Waals surface area contributed by atoms with Crippen molar-refractivity contribution in [1.29, 1.82) is 0 Å². The predicted octanol–water partition coefficient (Wildman–Crippen LogP) is 5.45. The van der Waals surface area contributed by atoms with Crippen LogP contribution in [0.15, 0.2) is 72.1 Å². The summed E-state index contributed by atoms with van der Waals surface area (Å²) in [5.41, 5.74) is 4.00. The fourth-order valence-corrected chi connectivity index (χ4v) is 4.42. The molecule has 208 valence electrons. The number of benzene rings is 2. The van der Waals surface area contributed by atoms with Crippen molar-refractivity contribution in [2.24, 2.45) is 5.16 Å². The number of ether oxygens (including phenoxy) is 5. The smallest absolute Gasteiger partial charge is 0.406 e. The number of rotatable bonds is 9. The van der Waals surface area contributed by atoms with Crippen molar-refractivity contribution in [3.05, 3.63) is 72.6 Å². The van der Waals surface area contributed by atoms with E-state index in [9.17, 15) is 13.2 Å². The van der Waals surface area contributed by atoms with E-state index in [0.717, 1.165) is 22.3 Å². The fourth-order valence-electron chi connectivity index (χ4n) is 4.42. The van der Waals surface area contributed by atoms with Crippen LogP contribution in [-0.4, -0.2) is 69.6 Å². The molecule has 1 aromatic heterocycles. The first-order valence-electron chi connectivity index (χ1n) is 12.1. The Labute approximate surface area is 224 Å². The minimum atomic E-state index is -4.73. The average Bonchev–Trinajstić information content (AvgIpc) is 2.92. The molecular formula is C28H29F3N2O6. The van der Waals surface area contributed by atoms with Gasteiger partial charge in [0.15, 0.2) is 6.10 Å². The van der Waals surface area contributed by atoms with Gasteiger partial charge in [-0.05, 0) is 41.8 Å². The number of oxime groups is 1.